The zero-order chi connectivity index (χ0) is 22.7. The van der Waals surface area contributed by atoms with Crippen molar-refractivity contribution < 1.29 is 18.3 Å². The van der Waals surface area contributed by atoms with Crippen molar-refractivity contribution in [3.63, 3.8) is 0 Å². The fraction of sp³-hybridized carbons (Fsp3) is 0.174. The van der Waals surface area contributed by atoms with Gasteiger partial charge in [-0.15, -0.1) is 0 Å². The Morgan fingerprint density at radius 2 is 1.44 bits per heavy atom. The summed E-state index contributed by atoms with van der Waals surface area (Å²) in [7, 11) is -3.95. The Morgan fingerprint density at radius 3 is 2.03 bits per heavy atom. The Bertz CT molecular complexity index is 1210. The third kappa shape index (κ3) is 4.81. The molecule has 1 heterocycles. The molecule has 166 valence electrons. The number of sulfonamides is 1. The van der Waals surface area contributed by atoms with E-state index in [9.17, 15) is 18.3 Å². The Labute approximate surface area is 191 Å². The van der Waals surface area contributed by atoms with Crippen LogP contribution in [0.15, 0.2) is 77.7 Å². The first-order chi connectivity index (χ1) is 15.3. The maximum absolute atomic E-state index is 12.7. The van der Waals surface area contributed by atoms with Crippen LogP contribution >= 0.6 is 11.6 Å². The van der Waals surface area contributed by atoms with Gasteiger partial charge in [0.1, 0.15) is 0 Å². The molecule has 9 heteroatoms. The summed E-state index contributed by atoms with van der Waals surface area (Å²) in [6.45, 7) is 3.06. The quantitative estimate of drug-likeness (QED) is 0.561. The summed E-state index contributed by atoms with van der Waals surface area (Å²) < 4.78 is 27.7. The number of rotatable bonds is 6. The Kier molecular flexibility index (Phi) is 6.25. The Hall–Kier alpha value is -3.23. The summed E-state index contributed by atoms with van der Waals surface area (Å²) in [5.41, 5.74) is 1.81. The number of hydrogen-bond donors (Lipinski definition) is 2. The van der Waals surface area contributed by atoms with Crippen molar-refractivity contribution in [3.05, 3.63) is 83.4 Å². The third-order valence-electron chi connectivity index (χ3n) is 5.37. The molecule has 3 aromatic carbocycles. The number of piperazine rings is 1. The van der Waals surface area contributed by atoms with Gasteiger partial charge in [-0.3, -0.25) is 4.72 Å². The van der Waals surface area contributed by atoms with Gasteiger partial charge in [0, 0.05) is 42.6 Å². The van der Waals surface area contributed by atoms with Gasteiger partial charge in [-0.25, -0.2) is 13.2 Å². The molecule has 4 rings (SSSR count). The summed E-state index contributed by atoms with van der Waals surface area (Å²) in [6, 6.07) is 20.5. The lowest BCUT2D eigenvalue weighted by molar-refractivity contribution is 0.0698. The highest BCUT2D eigenvalue weighted by Gasteiger charge is 2.22. The van der Waals surface area contributed by atoms with Gasteiger partial charge in [-0.2, -0.15) is 0 Å². The van der Waals surface area contributed by atoms with Crippen LogP contribution in [0.2, 0.25) is 5.02 Å². The van der Waals surface area contributed by atoms with Gasteiger partial charge < -0.3 is 14.9 Å². The number of hydrogen-bond acceptors (Lipinski definition) is 5. The Morgan fingerprint density at radius 1 is 0.844 bits per heavy atom. The number of anilines is 3. The van der Waals surface area contributed by atoms with Crippen LogP contribution in [0.5, 0.6) is 0 Å². The van der Waals surface area contributed by atoms with Crippen molar-refractivity contribution in [3.8, 4) is 0 Å². The number of benzene rings is 3. The van der Waals surface area contributed by atoms with Crippen LogP contribution in [0.3, 0.4) is 0 Å². The molecule has 1 aliphatic rings. The molecule has 0 saturated carbocycles. The number of para-hydroxylation sites is 1. The maximum Gasteiger partial charge on any atom is 0.337 e. The van der Waals surface area contributed by atoms with E-state index in [1.807, 2.05) is 18.2 Å². The molecule has 0 amide bonds. The van der Waals surface area contributed by atoms with Gasteiger partial charge in [0.15, 0.2) is 0 Å². The van der Waals surface area contributed by atoms with Crippen molar-refractivity contribution >= 4 is 44.7 Å². The second-order valence-corrected chi connectivity index (χ2v) is 9.52. The number of halogens is 1. The van der Waals surface area contributed by atoms with Gasteiger partial charge in [-0.05, 0) is 54.6 Å². The fourth-order valence-corrected chi connectivity index (χ4v) is 4.88. The number of carboxylic acids is 1. The van der Waals surface area contributed by atoms with E-state index in [0.717, 1.165) is 37.6 Å². The second-order valence-electron chi connectivity index (χ2n) is 7.40. The van der Waals surface area contributed by atoms with Gasteiger partial charge >= 0.3 is 5.97 Å². The molecule has 7 nitrogen and oxygen atoms in total. The van der Waals surface area contributed by atoms with Gasteiger partial charge in [0.25, 0.3) is 10.0 Å². The SMILES string of the molecule is O=C(O)c1cc(N2CCN(c3ccccc3)CC2)ccc1NS(=O)(=O)c1ccc(Cl)cc1. The molecule has 3 aromatic rings. The average molecular weight is 472 g/mol. The zero-order valence-electron chi connectivity index (χ0n) is 17.1. The monoisotopic (exact) mass is 471 g/mol. The minimum absolute atomic E-state index is 0.000603. The van der Waals surface area contributed by atoms with Crippen LogP contribution in [0.1, 0.15) is 10.4 Å². The predicted molar refractivity (Wildman–Crippen MR) is 127 cm³/mol. The van der Waals surface area contributed by atoms with Crippen LogP contribution in [-0.4, -0.2) is 45.7 Å². The highest BCUT2D eigenvalue weighted by atomic mass is 35.5. The van der Waals surface area contributed by atoms with E-state index in [-0.39, 0.29) is 16.1 Å². The molecule has 0 aliphatic carbocycles. The summed E-state index contributed by atoms with van der Waals surface area (Å²) in [5, 5.41) is 10.1. The number of nitrogens with zero attached hydrogens (tertiary/aromatic N) is 2. The van der Waals surface area contributed by atoms with Gasteiger partial charge in [0.05, 0.1) is 16.1 Å². The molecule has 1 saturated heterocycles. The first-order valence-corrected chi connectivity index (χ1v) is 11.9. The highest BCUT2D eigenvalue weighted by molar-refractivity contribution is 7.92. The molecular formula is C23H22ClN3O4S. The van der Waals surface area contributed by atoms with E-state index < -0.39 is 16.0 Å². The minimum Gasteiger partial charge on any atom is -0.478 e. The van der Waals surface area contributed by atoms with E-state index in [0.29, 0.717) is 5.02 Å². The molecule has 0 atom stereocenters. The normalized spacial score (nSPS) is 14.3. The van der Waals surface area contributed by atoms with Crippen molar-refractivity contribution in [2.45, 2.75) is 4.90 Å². The van der Waals surface area contributed by atoms with Crippen molar-refractivity contribution in [2.24, 2.45) is 0 Å². The average Bonchev–Trinajstić information content (AvgIpc) is 2.80. The first-order valence-electron chi connectivity index (χ1n) is 10.0. The summed E-state index contributed by atoms with van der Waals surface area (Å²) in [4.78, 5) is 16.3. The molecular weight excluding hydrogens is 450 g/mol. The lowest BCUT2D eigenvalue weighted by atomic mass is 10.1. The smallest absolute Gasteiger partial charge is 0.337 e. The lowest BCUT2D eigenvalue weighted by Crippen LogP contribution is -2.46. The molecule has 2 N–H and O–H groups in total. The van der Waals surface area contributed by atoms with Crippen molar-refractivity contribution in [2.75, 3.05) is 40.7 Å². The van der Waals surface area contributed by atoms with Crippen LogP contribution < -0.4 is 14.5 Å². The summed E-state index contributed by atoms with van der Waals surface area (Å²) >= 11 is 5.82. The van der Waals surface area contributed by atoms with Crippen LogP contribution in [0.25, 0.3) is 0 Å². The largest absolute Gasteiger partial charge is 0.478 e. The highest BCUT2D eigenvalue weighted by Crippen LogP contribution is 2.27. The summed E-state index contributed by atoms with van der Waals surface area (Å²) in [5.74, 6) is -1.21. The number of nitrogens with one attached hydrogen (secondary N) is 1. The van der Waals surface area contributed by atoms with Crippen LogP contribution in [0, 0.1) is 0 Å². The van der Waals surface area contributed by atoms with E-state index >= 15 is 0 Å². The molecule has 0 radical (unpaired) electrons. The fourth-order valence-electron chi connectivity index (χ4n) is 3.67. The zero-order valence-corrected chi connectivity index (χ0v) is 18.7. The van der Waals surface area contributed by atoms with E-state index in [1.165, 1.54) is 36.4 Å². The Balaban J connectivity index is 1.52. The maximum atomic E-state index is 12.7. The van der Waals surface area contributed by atoms with Gasteiger partial charge in [-0.1, -0.05) is 29.8 Å². The first kappa shape index (κ1) is 22.0. The number of aromatic carboxylic acids is 1. The molecule has 32 heavy (non-hydrogen) atoms. The van der Waals surface area contributed by atoms with Gasteiger partial charge in [0.2, 0.25) is 0 Å². The lowest BCUT2D eigenvalue weighted by Gasteiger charge is -2.37. The topological polar surface area (TPSA) is 89.9 Å². The molecule has 0 unspecified atom stereocenters. The standard InChI is InChI=1S/C23H22ClN3O4S/c24-17-6-9-20(10-7-17)32(30,31)25-22-11-8-19(16-21(22)23(28)29)27-14-12-26(13-15-27)18-4-2-1-3-5-18/h1-11,16,25H,12-15H2,(H,28,29). The van der Waals surface area contributed by atoms with Crippen LogP contribution in [0.4, 0.5) is 17.1 Å². The molecule has 1 aliphatic heterocycles. The van der Waals surface area contributed by atoms with E-state index in [1.54, 1.807) is 6.07 Å². The van der Waals surface area contributed by atoms with Crippen LogP contribution in [-0.2, 0) is 10.0 Å². The number of carbonyl (C=O) groups is 1. The van der Waals surface area contributed by atoms with Crippen molar-refractivity contribution in [1.82, 2.24) is 0 Å². The van der Waals surface area contributed by atoms with Crippen molar-refractivity contribution in [1.29, 1.82) is 0 Å². The molecule has 1 fully saturated rings. The molecule has 0 aromatic heterocycles. The van der Waals surface area contributed by atoms with E-state index in [4.69, 9.17) is 11.6 Å². The second kappa shape index (κ2) is 9.10. The minimum atomic E-state index is -3.95. The third-order valence-corrected chi connectivity index (χ3v) is 7.00. The molecule has 0 spiro atoms. The predicted octanol–water partition coefficient (Wildman–Crippen LogP) is 4.17. The molecule has 0 bridgehead atoms. The summed E-state index contributed by atoms with van der Waals surface area (Å²) in [6.07, 6.45) is 0. The number of carboxylic acid groups (broad SMARTS) is 1. The van der Waals surface area contributed by atoms with E-state index in [2.05, 4.69) is 26.7 Å².